The molecule has 2 rings (SSSR count). The van der Waals surface area contributed by atoms with Gasteiger partial charge in [-0.3, -0.25) is 0 Å². The number of rotatable bonds is 9. The normalized spacial score (nSPS) is 10.6. The summed E-state index contributed by atoms with van der Waals surface area (Å²) in [6.45, 7) is 3.12. The van der Waals surface area contributed by atoms with E-state index in [1.165, 1.54) is 6.21 Å². The first-order valence-corrected chi connectivity index (χ1v) is 7.62. The van der Waals surface area contributed by atoms with Crippen LogP contribution < -0.4 is 18.9 Å². The maximum atomic E-state index is 8.74. The Labute approximate surface area is 141 Å². The summed E-state index contributed by atoms with van der Waals surface area (Å²) in [6, 6.07) is 12.8. The Kier molecular flexibility index (Phi) is 6.76. The average molecular weight is 331 g/mol. The fourth-order valence-corrected chi connectivity index (χ4v) is 2.15. The van der Waals surface area contributed by atoms with Gasteiger partial charge in [-0.1, -0.05) is 23.4 Å². The molecule has 0 bridgehead atoms. The number of benzene rings is 2. The van der Waals surface area contributed by atoms with Crippen LogP contribution >= 0.6 is 0 Å². The Morgan fingerprint density at radius 1 is 0.917 bits per heavy atom. The molecule has 0 spiro atoms. The summed E-state index contributed by atoms with van der Waals surface area (Å²) in [5.41, 5.74) is 0.617. The Hall–Kier alpha value is -2.89. The van der Waals surface area contributed by atoms with Gasteiger partial charge in [-0.05, 0) is 31.2 Å². The lowest BCUT2D eigenvalue weighted by Gasteiger charge is -2.14. The molecule has 0 aliphatic heterocycles. The summed E-state index contributed by atoms with van der Waals surface area (Å²) in [6.07, 6.45) is 1.29. The summed E-state index contributed by atoms with van der Waals surface area (Å²) < 4.78 is 22.2. The highest BCUT2D eigenvalue weighted by molar-refractivity contribution is 5.84. The minimum absolute atomic E-state index is 0.299. The second kappa shape index (κ2) is 9.29. The van der Waals surface area contributed by atoms with E-state index in [0.717, 1.165) is 0 Å². The van der Waals surface area contributed by atoms with Crippen molar-refractivity contribution in [2.45, 2.75) is 6.92 Å². The van der Waals surface area contributed by atoms with E-state index in [4.69, 9.17) is 24.2 Å². The first-order valence-electron chi connectivity index (χ1n) is 7.62. The minimum atomic E-state index is 0.299. The molecule has 0 amide bonds. The van der Waals surface area contributed by atoms with Crippen molar-refractivity contribution in [1.82, 2.24) is 0 Å². The van der Waals surface area contributed by atoms with E-state index >= 15 is 0 Å². The van der Waals surface area contributed by atoms with Crippen LogP contribution in [0.2, 0.25) is 0 Å². The fourth-order valence-electron chi connectivity index (χ4n) is 2.15. The third kappa shape index (κ3) is 4.55. The highest BCUT2D eigenvalue weighted by atomic mass is 16.5. The quantitative estimate of drug-likeness (QED) is 0.330. The molecule has 0 aliphatic carbocycles. The van der Waals surface area contributed by atoms with Crippen molar-refractivity contribution in [2.75, 3.05) is 26.9 Å². The monoisotopic (exact) mass is 331 g/mol. The van der Waals surface area contributed by atoms with Crippen molar-refractivity contribution in [3.05, 3.63) is 48.0 Å². The van der Waals surface area contributed by atoms with E-state index in [9.17, 15) is 0 Å². The first-order chi connectivity index (χ1) is 11.8. The predicted molar refractivity (Wildman–Crippen MR) is 91.0 cm³/mol. The van der Waals surface area contributed by atoms with Gasteiger partial charge in [-0.25, -0.2) is 0 Å². The number of ether oxygens (including phenoxy) is 4. The predicted octanol–water partition coefficient (Wildman–Crippen LogP) is 3.36. The van der Waals surface area contributed by atoms with E-state index in [2.05, 4.69) is 5.16 Å². The fraction of sp³-hybridized carbons (Fsp3) is 0.278. The molecule has 0 aliphatic rings. The molecule has 0 heterocycles. The molecule has 0 fully saturated rings. The number of nitrogens with zero attached hydrogens (tertiary/aromatic N) is 1. The Morgan fingerprint density at radius 2 is 1.58 bits per heavy atom. The van der Waals surface area contributed by atoms with E-state index in [0.29, 0.717) is 48.4 Å². The molecular formula is C18H21NO5. The average Bonchev–Trinajstić information content (AvgIpc) is 2.61. The molecule has 6 nitrogen and oxygen atoms in total. The smallest absolute Gasteiger partial charge is 0.170 e. The Morgan fingerprint density at radius 3 is 2.25 bits per heavy atom. The summed E-state index contributed by atoms with van der Waals surface area (Å²) in [4.78, 5) is 0. The van der Waals surface area contributed by atoms with Crippen molar-refractivity contribution in [3.63, 3.8) is 0 Å². The van der Waals surface area contributed by atoms with Crippen molar-refractivity contribution < 1.29 is 24.2 Å². The third-order valence-corrected chi connectivity index (χ3v) is 3.16. The van der Waals surface area contributed by atoms with Crippen LogP contribution in [0.5, 0.6) is 23.0 Å². The molecule has 0 saturated carbocycles. The molecule has 2 aromatic rings. The van der Waals surface area contributed by atoms with Crippen molar-refractivity contribution in [1.29, 1.82) is 0 Å². The molecule has 128 valence electrons. The van der Waals surface area contributed by atoms with Gasteiger partial charge < -0.3 is 24.2 Å². The van der Waals surface area contributed by atoms with Crippen LogP contribution in [0.1, 0.15) is 12.5 Å². The van der Waals surface area contributed by atoms with Crippen LogP contribution in [0.25, 0.3) is 0 Å². The van der Waals surface area contributed by atoms with Gasteiger partial charge >= 0.3 is 0 Å². The van der Waals surface area contributed by atoms with Crippen LogP contribution in [0.15, 0.2) is 47.6 Å². The zero-order chi connectivity index (χ0) is 17.2. The summed E-state index contributed by atoms with van der Waals surface area (Å²) in [5.74, 6) is 2.42. The molecule has 0 unspecified atom stereocenters. The van der Waals surface area contributed by atoms with Crippen LogP contribution in [-0.4, -0.2) is 38.4 Å². The van der Waals surface area contributed by atoms with Crippen LogP contribution in [0.3, 0.4) is 0 Å². The van der Waals surface area contributed by atoms with E-state index in [1.807, 2.05) is 31.2 Å². The van der Waals surface area contributed by atoms with Gasteiger partial charge in [-0.2, -0.15) is 0 Å². The van der Waals surface area contributed by atoms with Gasteiger partial charge in [-0.15, -0.1) is 0 Å². The zero-order valence-corrected chi connectivity index (χ0v) is 13.8. The number of methoxy groups -OCH3 is 1. The van der Waals surface area contributed by atoms with Gasteiger partial charge in [0.15, 0.2) is 23.0 Å². The molecule has 1 N–H and O–H groups in total. The van der Waals surface area contributed by atoms with Crippen molar-refractivity contribution in [3.8, 4) is 23.0 Å². The lowest BCUT2D eigenvalue weighted by Crippen LogP contribution is -2.11. The van der Waals surface area contributed by atoms with Crippen molar-refractivity contribution >= 4 is 6.21 Å². The van der Waals surface area contributed by atoms with Crippen LogP contribution in [0, 0.1) is 0 Å². The van der Waals surface area contributed by atoms with Crippen LogP contribution in [-0.2, 0) is 0 Å². The third-order valence-electron chi connectivity index (χ3n) is 3.16. The second-order valence-electron chi connectivity index (χ2n) is 4.70. The molecule has 0 aromatic heterocycles. The molecule has 0 saturated heterocycles. The SMILES string of the molecule is CCOc1ccccc1OCCOc1c(C=NO)cccc1OC. The summed E-state index contributed by atoms with van der Waals surface area (Å²) >= 11 is 0. The Balaban J connectivity index is 1.98. The summed E-state index contributed by atoms with van der Waals surface area (Å²) in [7, 11) is 1.55. The summed E-state index contributed by atoms with van der Waals surface area (Å²) in [5, 5.41) is 11.8. The lowest BCUT2D eigenvalue weighted by molar-refractivity contribution is 0.203. The van der Waals surface area contributed by atoms with E-state index in [1.54, 1.807) is 25.3 Å². The van der Waals surface area contributed by atoms with Crippen molar-refractivity contribution in [2.24, 2.45) is 5.16 Å². The van der Waals surface area contributed by atoms with Gasteiger partial charge in [0.2, 0.25) is 0 Å². The van der Waals surface area contributed by atoms with Gasteiger partial charge in [0.25, 0.3) is 0 Å². The lowest BCUT2D eigenvalue weighted by atomic mass is 10.2. The molecule has 2 aromatic carbocycles. The minimum Gasteiger partial charge on any atom is -0.493 e. The molecule has 0 radical (unpaired) electrons. The maximum Gasteiger partial charge on any atom is 0.170 e. The molecule has 0 atom stereocenters. The standard InChI is InChI=1S/C18H21NO5/c1-3-22-15-8-4-5-9-16(15)23-11-12-24-18-14(13-19-20)7-6-10-17(18)21-2/h4-10,13,20H,3,11-12H2,1-2H3. The van der Waals surface area contributed by atoms with Crippen LogP contribution in [0.4, 0.5) is 0 Å². The number of hydrogen-bond acceptors (Lipinski definition) is 6. The maximum absolute atomic E-state index is 8.74. The highest BCUT2D eigenvalue weighted by Crippen LogP contribution is 2.30. The highest BCUT2D eigenvalue weighted by Gasteiger charge is 2.10. The number of para-hydroxylation sites is 3. The topological polar surface area (TPSA) is 69.5 Å². The number of oxime groups is 1. The molecule has 6 heteroatoms. The largest absolute Gasteiger partial charge is 0.493 e. The Bertz CT molecular complexity index is 672. The first kappa shape index (κ1) is 17.5. The van der Waals surface area contributed by atoms with Gasteiger partial charge in [0, 0.05) is 5.56 Å². The zero-order valence-electron chi connectivity index (χ0n) is 13.8. The molecule has 24 heavy (non-hydrogen) atoms. The second-order valence-corrected chi connectivity index (χ2v) is 4.70. The van der Waals surface area contributed by atoms with E-state index < -0.39 is 0 Å². The van der Waals surface area contributed by atoms with Gasteiger partial charge in [0.1, 0.15) is 13.2 Å². The van der Waals surface area contributed by atoms with E-state index in [-0.39, 0.29) is 0 Å². The number of hydrogen-bond donors (Lipinski definition) is 1. The van der Waals surface area contributed by atoms with Gasteiger partial charge in [0.05, 0.1) is 19.9 Å². The molecular weight excluding hydrogens is 310 g/mol.